The summed E-state index contributed by atoms with van der Waals surface area (Å²) in [5.74, 6) is -0.329. The van der Waals surface area contributed by atoms with Gasteiger partial charge in [-0.1, -0.05) is 11.6 Å². The summed E-state index contributed by atoms with van der Waals surface area (Å²) in [6, 6.07) is 11.5. The molecule has 4 aromatic rings. The molecule has 3 heterocycles. The summed E-state index contributed by atoms with van der Waals surface area (Å²) in [6.45, 7) is 4.73. The molecular weight excluding hydrogens is 439 g/mol. The average Bonchev–Trinajstić information content (AvgIpc) is 3.66. The summed E-state index contributed by atoms with van der Waals surface area (Å²) in [6.07, 6.45) is 5.95. The van der Waals surface area contributed by atoms with E-state index in [0.717, 1.165) is 48.0 Å². The molecule has 0 unspecified atom stereocenters. The van der Waals surface area contributed by atoms with E-state index in [2.05, 4.69) is 19.4 Å². The van der Waals surface area contributed by atoms with E-state index in [1.807, 2.05) is 49.6 Å². The van der Waals surface area contributed by atoms with Gasteiger partial charge in [-0.15, -0.1) is 0 Å². The Kier molecular flexibility index (Phi) is 4.80. The minimum absolute atomic E-state index is 0.0816. The Labute approximate surface area is 196 Å². The lowest BCUT2D eigenvalue weighted by Crippen LogP contribution is -2.47. The zero-order valence-electron chi connectivity index (χ0n) is 18.4. The van der Waals surface area contributed by atoms with Crippen molar-refractivity contribution in [1.82, 2.24) is 9.55 Å². The number of fused-ring (bicyclic) bond motifs is 2. The van der Waals surface area contributed by atoms with Crippen LogP contribution in [0, 0.1) is 12.7 Å². The standard InChI is InChI=1S/C26H24ClFN4O/c1-16-15-32(18-3-4-18)24-14-25(21(28)13-20(24)26(16)33)31-10-8-30(9-11-31)23-6-7-29-22-12-17(27)2-5-19(22)23/h2,5-7,12-15,18H,3-4,8-11H2,1H3. The van der Waals surface area contributed by atoms with E-state index in [0.29, 0.717) is 40.8 Å². The van der Waals surface area contributed by atoms with E-state index >= 15 is 4.39 Å². The highest BCUT2D eigenvalue weighted by atomic mass is 35.5. The maximum atomic E-state index is 15.2. The zero-order chi connectivity index (χ0) is 22.7. The van der Waals surface area contributed by atoms with Crippen LogP contribution in [-0.4, -0.2) is 35.7 Å². The maximum absolute atomic E-state index is 15.2. The molecule has 0 radical (unpaired) electrons. The fraction of sp³-hybridized carbons (Fsp3) is 0.308. The van der Waals surface area contributed by atoms with Crippen molar-refractivity contribution in [2.45, 2.75) is 25.8 Å². The molecule has 1 saturated heterocycles. The topological polar surface area (TPSA) is 41.4 Å². The Morgan fingerprint density at radius 1 is 0.970 bits per heavy atom. The van der Waals surface area contributed by atoms with Crippen molar-refractivity contribution in [3.8, 4) is 0 Å². The molecule has 6 rings (SSSR count). The monoisotopic (exact) mass is 462 g/mol. The van der Waals surface area contributed by atoms with Crippen LogP contribution in [0.25, 0.3) is 21.8 Å². The van der Waals surface area contributed by atoms with Gasteiger partial charge in [-0.3, -0.25) is 9.78 Å². The first-order valence-corrected chi connectivity index (χ1v) is 11.8. The van der Waals surface area contributed by atoms with Crippen LogP contribution in [0.1, 0.15) is 24.4 Å². The molecule has 2 aromatic carbocycles. The Bertz CT molecular complexity index is 1450. The molecular formula is C26H24ClFN4O. The molecule has 0 amide bonds. The molecule has 7 heteroatoms. The fourth-order valence-electron chi connectivity index (χ4n) is 4.96. The normalized spacial score (nSPS) is 16.7. The smallest absolute Gasteiger partial charge is 0.192 e. The van der Waals surface area contributed by atoms with Gasteiger partial charge < -0.3 is 14.4 Å². The van der Waals surface area contributed by atoms with Crippen LogP contribution in [0.15, 0.2) is 53.6 Å². The first-order valence-electron chi connectivity index (χ1n) is 11.4. The van der Waals surface area contributed by atoms with Gasteiger partial charge in [0.25, 0.3) is 0 Å². The van der Waals surface area contributed by atoms with Crippen molar-refractivity contribution < 1.29 is 4.39 Å². The summed E-state index contributed by atoms with van der Waals surface area (Å²) < 4.78 is 17.4. The second-order valence-corrected chi connectivity index (χ2v) is 9.50. The second-order valence-electron chi connectivity index (χ2n) is 9.07. The van der Waals surface area contributed by atoms with Crippen molar-refractivity contribution in [1.29, 1.82) is 0 Å². The van der Waals surface area contributed by atoms with Crippen molar-refractivity contribution in [2.75, 3.05) is 36.0 Å². The number of hydrogen-bond acceptors (Lipinski definition) is 4. The summed E-state index contributed by atoms with van der Waals surface area (Å²) in [7, 11) is 0. The van der Waals surface area contributed by atoms with E-state index in [-0.39, 0.29) is 11.2 Å². The number of anilines is 2. The SMILES string of the molecule is Cc1cn(C2CC2)c2cc(N3CCN(c4ccnc5cc(Cl)ccc45)CC3)c(F)cc2c1=O. The molecule has 0 bridgehead atoms. The molecule has 1 aliphatic carbocycles. The van der Waals surface area contributed by atoms with E-state index in [1.165, 1.54) is 6.07 Å². The molecule has 1 saturated carbocycles. The van der Waals surface area contributed by atoms with Gasteiger partial charge in [0.1, 0.15) is 5.82 Å². The summed E-state index contributed by atoms with van der Waals surface area (Å²) in [5.41, 5.74) is 3.99. The molecule has 168 valence electrons. The van der Waals surface area contributed by atoms with Crippen molar-refractivity contribution in [2.24, 2.45) is 0 Å². The third kappa shape index (κ3) is 3.53. The van der Waals surface area contributed by atoms with E-state index in [9.17, 15) is 4.79 Å². The van der Waals surface area contributed by atoms with Gasteiger partial charge in [0.2, 0.25) is 0 Å². The van der Waals surface area contributed by atoms with E-state index in [4.69, 9.17) is 11.6 Å². The lowest BCUT2D eigenvalue weighted by atomic mass is 10.1. The number of hydrogen-bond donors (Lipinski definition) is 0. The Hall–Kier alpha value is -3.12. The lowest BCUT2D eigenvalue weighted by molar-refractivity contribution is 0.599. The number of aryl methyl sites for hydroxylation is 1. The van der Waals surface area contributed by atoms with Crippen LogP contribution in [0.4, 0.5) is 15.8 Å². The molecule has 0 atom stereocenters. The van der Waals surface area contributed by atoms with E-state index in [1.54, 1.807) is 0 Å². The molecule has 2 aromatic heterocycles. The zero-order valence-corrected chi connectivity index (χ0v) is 19.1. The molecule has 33 heavy (non-hydrogen) atoms. The third-order valence-corrected chi connectivity index (χ3v) is 7.10. The lowest BCUT2D eigenvalue weighted by Gasteiger charge is -2.38. The summed E-state index contributed by atoms with van der Waals surface area (Å²) >= 11 is 6.14. The highest BCUT2D eigenvalue weighted by Crippen LogP contribution is 2.38. The minimum atomic E-state index is -0.329. The molecule has 5 nitrogen and oxygen atoms in total. The molecule has 0 N–H and O–H groups in total. The molecule has 2 aliphatic rings. The van der Waals surface area contributed by atoms with Crippen molar-refractivity contribution in [3.05, 3.63) is 75.4 Å². The van der Waals surface area contributed by atoms with Gasteiger partial charge in [0.15, 0.2) is 5.43 Å². The molecule has 0 spiro atoms. The third-order valence-electron chi connectivity index (χ3n) is 6.86. The van der Waals surface area contributed by atoms with Crippen LogP contribution >= 0.6 is 11.6 Å². The van der Waals surface area contributed by atoms with Gasteiger partial charge in [-0.05, 0) is 56.2 Å². The van der Waals surface area contributed by atoms with Crippen LogP contribution in [0.2, 0.25) is 5.02 Å². The Balaban J connectivity index is 1.32. The minimum Gasteiger partial charge on any atom is -0.367 e. The van der Waals surface area contributed by atoms with Gasteiger partial charge in [0.05, 0.1) is 16.7 Å². The average molecular weight is 463 g/mol. The van der Waals surface area contributed by atoms with Crippen LogP contribution in [-0.2, 0) is 0 Å². The van der Waals surface area contributed by atoms with Crippen LogP contribution in [0.3, 0.4) is 0 Å². The molecule has 2 fully saturated rings. The van der Waals surface area contributed by atoms with Gasteiger partial charge in [-0.25, -0.2) is 4.39 Å². The Morgan fingerprint density at radius 3 is 2.42 bits per heavy atom. The van der Waals surface area contributed by atoms with Gasteiger partial charge in [0, 0.05) is 71.7 Å². The van der Waals surface area contributed by atoms with Gasteiger partial charge >= 0.3 is 0 Å². The predicted molar refractivity (Wildman–Crippen MR) is 132 cm³/mol. The number of piperazine rings is 1. The number of aromatic nitrogens is 2. The first-order chi connectivity index (χ1) is 16.0. The van der Waals surface area contributed by atoms with E-state index < -0.39 is 0 Å². The highest BCUT2D eigenvalue weighted by molar-refractivity contribution is 6.31. The number of benzene rings is 2. The number of nitrogens with zero attached hydrogens (tertiary/aromatic N) is 4. The quantitative estimate of drug-likeness (QED) is 0.413. The van der Waals surface area contributed by atoms with Crippen molar-refractivity contribution in [3.63, 3.8) is 0 Å². The maximum Gasteiger partial charge on any atom is 0.192 e. The predicted octanol–water partition coefficient (Wildman–Crippen LogP) is 5.31. The summed E-state index contributed by atoms with van der Waals surface area (Å²) in [4.78, 5) is 21.5. The second kappa shape index (κ2) is 7.73. The Morgan fingerprint density at radius 2 is 1.70 bits per heavy atom. The van der Waals surface area contributed by atoms with Gasteiger partial charge in [-0.2, -0.15) is 0 Å². The molecule has 1 aliphatic heterocycles. The number of rotatable bonds is 3. The van der Waals surface area contributed by atoms with Crippen LogP contribution in [0.5, 0.6) is 0 Å². The first kappa shape index (κ1) is 20.5. The summed E-state index contributed by atoms with van der Waals surface area (Å²) in [5, 5.41) is 2.21. The number of halogens is 2. The van der Waals surface area contributed by atoms with Crippen molar-refractivity contribution >= 4 is 44.8 Å². The fourth-order valence-corrected chi connectivity index (χ4v) is 5.13. The van der Waals surface area contributed by atoms with Crippen LogP contribution < -0.4 is 15.2 Å². The largest absolute Gasteiger partial charge is 0.367 e. The highest BCUT2D eigenvalue weighted by Gasteiger charge is 2.27. The number of pyridine rings is 2.